The lowest BCUT2D eigenvalue weighted by Gasteiger charge is -2.35. The third-order valence-electron chi connectivity index (χ3n) is 4.01. The summed E-state index contributed by atoms with van der Waals surface area (Å²) in [7, 11) is 0. The minimum atomic E-state index is 0.881. The molecule has 0 spiro atoms. The number of fused-ring (bicyclic) bond motifs is 2. The van der Waals surface area contributed by atoms with Crippen molar-refractivity contribution < 1.29 is 0 Å². The number of hydrogen-bond donors (Lipinski definition) is 0. The second-order valence-electron chi connectivity index (χ2n) is 4.76. The fourth-order valence-electron chi connectivity index (χ4n) is 3.33. The van der Waals surface area contributed by atoms with E-state index in [0.717, 1.165) is 18.1 Å². The Hall–Kier alpha value is 0.650. The highest BCUT2D eigenvalue weighted by Crippen LogP contribution is 2.37. The molecule has 0 amide bonds. The highest BCUT2D eigenvalue weighted by molar-refractivity contribution is 14.1. The van der Waals surface area contributed by atoms with Gasteiger partial charge in [0.1, 0.15) is 0 Å². The van der Waals surface area contributed by atoms with E-state index in [2.05, 4.69) is 30.9 Å². The van der Waals surface area contributed by atoms with E-state index in [1.807, 2.05) is 0 Å². The van der Waals surface area contributed by atoms with Crippen LogP contribution in [0.3, 0.4) is 0 Å². The molecule has 0 radical (unpaired) electrons. The van der Waals surface area contributed by atoms with Crippen LogP contribution in [0.4, 0.5) is 0 Å². The van der Waals surface area contributed by atoms with Crippen LogP contribution in [-0.4, -0.2) is 39.2 Å². The van der Waals surface area contributed by atoms with Crippen molar-refractivity contribution in [2.45, 2.75) is 50.2 Å². The molecule has 3 aliphatic rings. The van der Waals surface area contributed by atoms with Crippen LogP contribution < -0.4 is 0 Å². The van der Waals surface area contributed by atoms with Gasteiger partial charge in [-0.05, 0) is 19.3 Å². The Labute approximate surface area is 94.1 Å². The number of rotatable bonds is 1. The predicted octanol–water partition coefficient (Wildman–Crippen LogP) is 2.04. The zero-order chi connectivity index (χ0) is 8.84. The maximum absolute atomic E-state index is 2.81. The summed E-state index contributed by atoms with van der Waals surface area (Å²) in [5, 5.41) is 0. The Bertz CT molecular complexity index is 201. The molecule has 3 rings (SSSR count). The van der Waals surface area contributed by atoms with Crippen molar-refractivity contribution in [3.8, 4) is 0 Å². The molecule has 0 unspecified atom stereocenters. The Kier molecular flexibility index (Phi) is 2.30. The van der Waals surface area contributed by atoms with Gasteiger partial charge in [0, 0.05) is 54.1 Å². The van der Waals surface area contributed by atoms with Crippen molar-refractivity contribution in [1.82, 2.24) is 8.01 Å². The van der Waals surface area contributed by atoms with Crippen molar-refractivity contribution >= 4 is 22.9 Å². The van der Waals surface area contributed by atoms with E-state index in [1.54, 1.807) is 0 Å². The maximum atomic E-state index is 2.81. The number of halogens is 1. The normalized spacial score (nSPS) is 42.2. The van der Waals surface area contributed by atoms with Crippen LogP contribution >= 0.6 is 22.9 Å². The van der Waals surface area contributed by atoms with Gasteiger partial charge in [0.2, 0.25) is 0 Å². The summed E-state index contributed by atoms with van der Waals surface area (Å²) in [5.41, 5.74) is 0. The first-order chi connectivity index (χ1) is 6.34. The molecule has 3 heteroatoms. The summed E-state index contributed by atoms with van der Waals surface area (Å²) >= 11 is 2.50. The van der Waals surface area contributed by atoms with Gasteiger partial charge in [0.05, 0.1) is 0 Å². The van der Waals surface area contributed by atoms with Gasteiger partial charge in [-0.1, -0.05) is 12.8 Å². The van der Waals surface area contributed by atoms with Gasteiger partial charge >= 0.3 is 0 Å². The van der Waals surface area contributed by atoms with Crippen molar-refractivity contribution in [3.63, 3.8) is 0 Å². The molecular formula is C10H17IN2. The van der Waals surface area contributed by atoms with Gasteiger partial charge in [-0.3, -0.25) is 4.90 Å². The fourth-order valence-corrected chi connectivity index (χ4v) is 4.19. The Balaban J connectivity index is 1.68. The zero-order valence-corrected chi connectivity index (χ0v) is 10.1. The van der Waals surface area contributed by atoms with Crippen LogP contribution in [0, 0.1) is 0 Å². The molecule has 2 bridgehead atoms. The van der Waals surface area contributed by atoms with Crippen LogP contribution in [0.25, 0.3) is 0 Å². The standard InChI is InChI=1S/C10H17IN2/c11-13-7-9-5-10(13)6-12(9)8-3-1-2-4-8/h8-10H,1-7H2/t9-,10-/m0/s1. The minimum absolute atomic E-state index is 0.881. The molecule has 1 aliphatic carbocycles. The Morgan fingerprint density at radius 1 is 0.923 bits per heavy atom. The Morgan fingerprint density at radius 2 is 1.69 bits per heavy atom. The summed E-state index contributed by atoms with van der Waals surface area (Å²) in [6.45, 7) is 2.68. The molecule has 0 aromatic rings. The third-order valence-corrected chi connectivity index (χ3v) is 5.19. The lowest BCUT2D eigenvalue weighted by Crippen LogP contribution is -2.46. The van der Waals surface area contributed by atoms with Gasteiger partial charge in [0.25, 0.3) is 0 Å². The first kappa shape index (κ1) is 8.92. The molecule has 3 fully saturated rings. The summed E-state index contributed by atoms with van der Waals surface area (Å²) in [6.07, 6.45) is 7.35. The highest BCUT2D eigenvalue weighted by atomic mass is 127. The first-order valence-corrected chi connectivity index (χ1v) is 6.49. The molecule has 0 aromatic heterocycles. The third kappa shape index (κ3) is 1.43. The number of hydrogen-bond acceptors (Lipinski definition) is 2. The summed E-state index contributed by atoms with van der Waals surface area (Å²) in [5.74, 6) is 0. The van der Waals surface area contributed by atoms with Crippen molar-refractivity contribution in [3.05, 3.63) is 0 Å². The molecule has 2 heterocycles. The molecule has 0 N–H and O–H groups in total. The predicted molar refractivity (Wildman–Crippen MR) is 61.9 cm³/mol. The molecule has 2 nitrogen and oxygen atoms in total. The molecule has 2 saturated heterocycles. The Morgan fingerprint density at radius 3 is 2.23 bits per heavy atom. The maximum Gasteiger partial charge on any atom is 0.0337 e. The van der Waals surface area contributed by atoms with Crippen LogP contribution in [0.1, 0.15) is 32.1 Å². The SMILES string of the molecule is IN1C[C@@H]2C[C@H]1CN2C1CCCC1. The molecule has 2 aliphatic heterocycles. The topological polar surface area (TPSA) is 6.48 Å². The second kappa shape index (κ2) is 3.35. The van der Waals surface area contributed by atoms with E-state index in [9.17, 15) is 0 Å². The average molecular weight is 292 g/mol. The van der Waals surface area contributed by atoms with Crippen molar-refractivity contribution in [2.75, 3.05) is 13.1 Å². The summed E-state index contributed by atoms with van der Waals surface area (Å²) < 4.78 is 2.52. The minimum Gasteiger partial charge on any atom is -0.294 e. The van der Waals surface area contributed by atoms with Gasteiger partial charge in [-0.15, -0.1) is 0 Å². The van der Waals surface area contributed by atoms with Crippen LogP contribution in [0.5, 0.6) is 0 Å². The lowest BCUT2D eigenvalue weighted by molar-refractivity contribution is 0.141. The number of likely N-dealkylation sites (tertiary alicyclic amines) is 1. The molecule has 74 valence electrons. The van der Waals surface area contributed by atoms with Gasteiger partial charge in [0.15, 0.2) is 0 Å². The van der Waals surface area contributed by atoms with Crippen LogP contribution in [0.2, 0.25) is 0 Å². The van der Waals surface area contributed by atoms with E-state index in [0.29, 0.717) is 0 Å². The second-order valence-corrected chi connectivity index (χ2v) is 6.00. The number of nitrogens with zero attached hydrogens (tertiary/aromatic N) is 2. The van der Waals surface area contributed by atoms with Gasteiger partial charge < -0.3 is 0 Å². The van der Waals surface area contributed by atoms with Crippen LogP contribution in [-0.2, 0) is 0 Å². The van der Waals surface area contributed by atoms with Crippen LogP contribution in [0.15, 0.2) is 0 Å². The highest BCUT2D eigenvalue weighted by Gasteiger charge is 2.45. The molecule has 2 atom stereocenters. The monoisotopic (exact) mass is 292 g/mol. The van der Waals surface area contributed by atoms with E-state index in [-0.39, 0.29) is 0 Å². The lowest BCUT2D eigenvalue weighted by atomic mass is 10.2. The van der Waals surface area contributed by atoms with Crippen molar-refractivity contribution in [1.29, 1.82) is 0 Å². The van der Waals surface area contributed by atoms with Gasteiger partial charge in [-0.2, -0.15) is 0 Å². The quantitative estimate of drug-likeness (QED) is 0.539. The zero-order valence-electron chi connectivity index (χ0n) is 7.95. The van der Waals surface area contributed by atoms with Gasteiger partial charge in [-0.25, -0.2) is 3.11 Å². The smallest absolute Gasteiger partial charge is 0.0337 e. The summed E-state index contributed by atoms with van der Waals surface area (Å²) in [4.78, 5) is 2.81. The number of piperazine rings is 1. The molecule has 1 saturated carbocycles. The molecule has 13 heavy (non-hydrogen) atoms. The largest absolute Gasteiger partial charge is 0.294 e. The summed E-state index contributed by atoms with van der Waals surface area (Å²) in [6, 6.07) is 2.75. The van der Waals surface area contributed by atoms with E-state index >= 15 is 0 Å². The average Bonchev–Trinajstić information content (AvgIpc) is 2.75. The van der Waals surface area contributed by atoms with E-state index in [4.69, 9.17) is 0 Å². The van der Waals surface area contributed by atoms with E-state index in [1.165, 1.54) is 45.2 Å². The molecule has 0 aromatic carbocycles. The van der Waals surface area contributed by atoms with E-state index < -0.39 is 0 Å². The fraction of sp³-hybridized carbons (Fsp3) is 1.00. The first-order valence-electron chi connectivity index (χ1n) is 5.53. The molecular weight excluding hydrogens is 275 g/mol. The van der Waals surface area contributed by atoms with Crippen molar-refractivity contribution in [2.24, 2.45) is 0 Å².